The van der Waals surface area contributed by atoms with Crippen molar-refractivity contribution in [1.29, 1.82) is 0 Å². The van der Waals surface area contributed by atoms with Crippen LogP contribution >= 0.6 is 39.1 Å². The Morgan fingerprint density at radius 2 is 1.58 bits per heavy atom. The van der Waals surface area contributed by atoms with E-state index < -0.39 is 7.28 Å². The van der Waals surface area contributed by atoms with Gasteiger partial charge in [-0.2, -0.15) is 0 Å². The highest BCUT2D eigenvalue weighted by molar-refractivity contribution is 9.11. The molecule has 0 aliphatic heterocycles. The molecule has 5 rings (SSSR count). The Kier molecular flexibility index (Phi) is 7.41. The average molecular weight is 652 g/mol. The number of hydrogen-bond acceptors (Lipinski definition) is 2. The zero-order valence-corrected chi connectivity index (χ0v) is 26.8. The minimum atomic E-state index is -2.67. The number of benzene rings is 4. The van der Waals surface area contributed by atoms with Crippen molar-refractivity contribution in [3.8, 4) is 5.75 Å². The molecule has 0 spiro atoms. The van der Waals surface area contributed by atoms with Gasteiger partial charge in [-0.15, -0.1) is 0 Å². The van der Waals surface area contributed by atoms with Gasteiger partial charge < -0.3 is 9.09 Å². The number of hydrogen-bond donors (Lipinski definition) is 0. The van der Waals surface area contributed by atoms with Crippen LogP contribution in [0, 0.1) is 13.8 Å². The molecule has 1 aromatic heterocycles. The van der Waals surface area contributed by atoms with E-state index in [9.17, 15) is 0 Å². The molecule has 0 amide bonds. The number of halogens is 2. The fraction of sp³-hybridized carbons (Fsp3) is 0.250. The van der Waals surface area contributed by atoms with Crippen molar-refractivity contribution in [3.05, 3.63) is 98.9 Å². The van der Waals surface area contributed by atoms with E-state index in [1.807, 2.05) is 18.2 Å². The van der Waals surface area contributed by atoms with E-state index in [0.717, 1.165) is 37.8 Å². The average Bonchev–Trinajstić information content (AvgIpc) is 3.19. The van der Waals surface area contributed by atoms with Gasteiger partial charge in [-0.05, 0) is 90.8 Å². The summed E-state index contributed by atoms with van der Waals surface area (Å²) in [7, 11) is -2.67. The summed E-state index contributed by atoms with van der Waals surface area (Å²) in [6.45, 7) is 14.1. The topological polar surface area (TPSA) is 26.5 Å². The fourth-order valence-electron chi connectivity index (χ4n) is 5.14. The molecule has 0 fully saturated rings. The molecular formula is C32H33Br2N2OP. The molecule has 0 saturated carbocycles. The van der Waals surface area contributed by atoms with Crippen molar-refractivity contribution < 1.29 is 4.52 Å². The van der Waals surface area contributed by atoms with Gasteiger partial charge in [0.25, 0.3) is 0 Å². The first-order valence-electron chi connectivity index (χ1n) is 12.9. The maximum absolute atomic E-state index is 7.19. The molecule has 38 heavy (non-hydrogen) atoms. The number of fused-ring (bicyclic) bond motifs is 3. The molecule has 1 unspecified atom stereocenters. The Morgan fingerprint density at radius 1 is 0.842 bits per heavy atom. The summed E-state index contributed by atoms with van der Waals surface area (Å²) in [5, 5.41) is 3.34. The third kappa shape index (κ3) is 4.78. The van der Waals surface area contributed by atoms with Crippen LogP contribution in [0.15, 0.2) is 92.6 Å². The first-order chi connectivity index (χ1) is 18.0. The molecule has 0 aliphatic carbocycles. The van der Waals surface area contributed by atoms with Gasteiger partial charge in [-0.3, -0.25) is 0 Å². The van der Waals surface area contributed by atoms with E-state index in [4.69, 9.17) is 9.27 Å². The van der Waals surface area contributed by atoms with E-state index in [1.165, 1.54) is 27.4 Å². The predicted molar refractivity (Wildman–Crippen MR) is 172 cm³/mol. The van der Waals surface area contributed by atoms with E-state index in [1.54, 1.807) is 0 Å². The lowest BCUT2D eigenvalue weighted by atomic mass is 10.1. The minimum Gasteiger partial charge on any atom is -0.454 e. The van der Waals surface area contributed by atoms with Crippen molar-refractivity contribution in [3.63, 3.8) is 0 Å². The summed E-state index contributed by atoms with van der Waals surface area (Å²) in [6, 6.07) is 28.0. The van der Waals surface area contributed by atoms with Gasteiger partial charge in [0.2, 0.25) is 0 Å². The number of para-hydroxylation sites is 1. The minimum absolute atomic E-state index is 0.284. The highest BCUT2D eigenvalue weighted by Gasteiger charge is 2.40. The summed E-state index contributed by atoms with van der Waals surface area (Å²) >= 11 is 7.34. The summed E-state index contributed by atoms with van der Waals surface area (Å²) in [5.74, 6) is 0.793. The van der Waals surface area contributed by atoms with Crippen LogP contribution in [0.3, 0.4) is 0 Å². The maximum atomic E-state index is 7.19. The van der Waals surface area contributed by atoms with E-state index in [0.29, 0.717) is 0 Å². The highest BCUT2D eigenvalue weighted by Crippen LogP contribution is 2.63. The number of aryl methyl sites for hydroxylation is 3. The van der Waals surface area contributed by atoms with Gasteiger partial charge in [-0.25, -0.2) is 4.74 Å². The number of aromatic nitrogens is 1. The largest absolute Gasteiger partial charge is 0.454 e. The van der Waals surface area contributed by atoms with E-state index in [2.05, 4.69) is 139 Å². The summed E-state index contributed by atoms with van der Waals surface area (Å²) in [5.41, 5.74) is 5.85. The van der Waals surface area contributed by atoms with Gasteiger partial charge in [0, 0.05) is 43.3 Å². The Hall–Kier alpha value is -2.33. The Balaban J connectivity index is 1.87. The van der Waals surface area contributed by atoms with Crippen LogP contribution in [0.1, 0.15) is 38.8 Å². The summed E-state index contributed by atoms with van der Waals surface area (Å²) in [4.78, 5) is 0. The molecule has 196 valence electrons. The van der Waals surface area contributed by atoms with Gasteiger partial charge in [0.1, 0.15) is 5.75 Å². The van der Waals surface area contributed by atoms with Crippen LogP contribution in [-0.2, 0) is 6.54 Å². The van der Waals surface area contributed by atoms with Crippen molar-refractivity contribution in [2.45, 2.75) is 53.2 Å². The molecule has 3 nitrogen and oxygen atoms in total. The molecule has 4 aromatic carbocycles. The lowest BCUT2D eigenvalue weighted by Crippen LogP contribution is -2.27. The summed E-state index contributed by atoms with van der Waals surface area (Å²) < 4.78 is 17.1. The zero-order chi connectivity index (χ0) is 27.2. The molecule has 6 heteroatoms. The normalized spacial score (nSPS) is 13.6. The molecule has 0 bridgehead atoms. The monoisotopic (exact) mass is 650 g/mol. The second-order valence-electron chi connectivity index (χ2n) is 10.8. The molecule has 0 saturated heterocycles. The molecular weight excluding hydrogens is 619 g/mol. The maximum Gasteiger partial charge on any atom is 0.173 e. The van der Waals surface area contributed by atoms with Gasteiger partial charge in [0.15, 0.2) is 7.28 Å². The Morgan fingerprint density at radius 3 is 2.26 bits per heavy atom. The molecule has 0 aliphatic rings. The van der Waals surface area contributed by atoms with Crippen LogP contribution in [0.2, 0.25) is 0 Å². The lowest BCUT2D eigenvalue weighted by Gasteiger charge is -2.37. The Labute approximate surface area is 242 Å². The van der Waals surface area contributed by atoms with Crippen LogP contribution in [-0.4, -0.2) is 9.72 Å². The number of nitrogens with zero attached hydrogens (tertiary/aromatic N) is 2. The lowest BCUT2D eigenvalue weighted by molar-refractivity contribution is 0.568. The predicted octanol–water partition coefficient (Wildman–Crippen LogP) is 10.9. The molecule has 0 N–H and O–H groups in total. The molecule has 1 heterocycles. The first-order valence-corrected chi connectivity index (χ1v) is 16.1. The first kappa shape index (κ1) is 27.2. The fourth-order valence-corrected chi connectivity index (χ4v) is 9.55. The van der Waals surface area contributed by atoms with Gasteiger partial charge in [0.05, 0.1) is 10.2 Å². The van der Waals surface area contributed by atoms with Crippen molar-refractivity contribution >= 4 is 71.9 Å². The van der Waals surface area contributed by atoms with Crippen LogP contribution in [0.25, 0.3) is 21.8 Å². The standard InChI is InChI=1S/C32H33Br2N2OP/c1-7-36-29-11-9-8-10-25(29)26-20-24(14-16-30(26)36)38(32(4,5)6,35-28-15-12-21(2)18-22(28)3)37-31-17-13-23(33)19-27(31)34/h8-20H,7H2,1-6H3. The molecule has 5 aromatic rings. The van der Waals surface area contributed by atoms with Crippen molar-refractivity contribution in [2.24, 2.45) is 4.74 Å². The van der Waals surface area contributed by atoms with Crippen LogP contribution < -0.4 is 9.83 Å². The third-order valence-corrected chi connectivity index (χ3v) is 11.9. The van der Waals surface area contributed by atoms with E-state index >= 15 is 0 Å². The molecule has 1 atom stereocenters. The van der Waals surface area contributed by atoms with Crippen LogP contribution in [0.5, 0.6) is 5.75 Å². The second-order valence-corrected chi connectivity index (χ2v) is 15.9. The van der Waals surface area contributed by atoms with Crippen molar-refractivity contribution in [2.75, 3.05) is 0 Å². The smallest absolute Gasteiger partial charge is 0.173 e. The third-order valence-electron chi connectivity index (χ3n) is 7.06. The Bertz CT molecular complexity index is 1730. The van der Waals surface area contributed by atoms with Crippen molar-refractivity contribution in [1.82, 2.24) is 4.57 Å². The van der Waals surface area contributed by atoms with Crippen LogP contribution in [0.4, 0.5) is 5.69 Å². The summed E-state index contributed by atoms with van der Waals surface area (Å²) in [6.07, 6.45) is 0. The quantitative estimate of drug-likeness (QED) is 0.174. The van der Waals surface area contributed by atoms with Gasteiger partial charge in [-0.1, -0.05) is 72.6 Å². The van der Waals surface area contributed by atoms with Gasteiger partial charge >= 0.3 is 0 Å². The van der Waals surface area contributed by atoms with E-state index in [-0.39, 0.29) is 5.16 Å². The highest BCUT2D eigenvalue weighted by atomic mass is 79.9. The SMILES string of the molecule is CCn1c2ccccc2c2cc(P(=Nc3ccc(C)cc3C)(Oc3ccc(Br)cc3Br)C(C)(C)C)ccc21. The zero-order valence-electron chi connectivity index (χ0n) is 22.7. The second kappa shape index (κ2) is 10.3. The number of rotatable bonds is 5. The molecule has 0 radical (unpaired) electrons.